The van der Waals surface area contributed by atoms with Crippen molar-refractivity contribution in [2.75, 3.05) is 13.2 Å². The van der Waals surface area contributed by atoms with Crippen molar-refractivity contribution in [2.45, 2.75) is 26.8 Å². The molecule has 0 aliphatic carbocycles. The summed E-state index contributed by atoms with van der Waals surface area (Å²) in [5.74, 6) is -0.0998. The lowest BCUT2D eigenvalue weighted by atomic mass is 10.3. The van der Waals surface area contributed by atoms with Gasteiger partial charge >= 0.3 is 0 Å². The molecule has 1 amide bonds. The van der Waals surface area contributed by atoms with Gasteiger partial charge in [0.25, 0.3) is 0 Å². The number of thiazole rings is 1. The Bertz CT molecular complexity index is 325. The molecule has 84 valence electrons. The van der Waals surface area contributed by atoms with Crippen LogP contribution in [0.2, 0.25) is 0 Å². The van der Waals surface area contributed by atoms with Crippen LogP contribution in [0.15, 0.2) is 6.20 Å². The van der Waals surface area contributed by atoms with E-state index in [2.05, 4.69) is 10.3 Å². The van der Waals surface area contributed by atoms with Gasteiger partial charge in [-0.15, -0.1) is 11.3 Å². The number of hydrogen-bond donors (Lipinski definition) is 1. The Morgan fingerprint density at radius 2 is 2.47 bits per heavy atom. The summed E-state index contributed by atoms with van der Waals surface area (Å²) in [6.07, 6.45) is 1.81. The van der Waals surface area contributed by atoms with Crippen molar-refractivity contribution in [1.82, 2.24) is 10.3 Å². The zero-order valence-corrected chi connectivity index (χ0v) is 10.1. The summed E-state index contributed by atoms with van der Waals surface area (Å²) in [6.45, 7) is 6.45. The van der Waals surface area contributed by atoms with Gasteiger partial charge in [-0.2, -0.15) is 0 Å². The maximum atomic E-state index is 11.3. The van der Waals surface area contributed by atoms with Crippen LogP contribution >= 0.6 is 11.3 Å². The molecule has 15 heavy (non-hydrogen) atoms. The van der Waals surface area contributed by atoms with Crippen molar-refractivity contribution in [3.8, 4) is 0 Å². The summed E-state index contributed by atoms with van der Waals surface area (Å²) in [4.78, 5) is 16.7. The molecule has 1 rings (SSSR count). The lowest BCUT2D eigenvalue weighted by Gasteiger charge is -2.10. The summed E-state index contributed by atoms with van der Waals surface area (Å²) in [5.41, 5.74) is 0. The van der Waals surface area contributed by atoms with Crippen LogP contribution in [0.5, 0.6) is 0 Å². The van der Waals surface area contributed by atoms with Crippen LogP contribution in [0.4, 0.5) is 0 Å². The Labute approximate surface area is 93.7 Å². The van der Waals surface area contributed by atoms with E-state index in [1.54, 1.807) is 11.3 Å². The molecule has 5 heteroatoms. The van der Waals surface area contributed by atoms with Gasteiger partial charge in [-0.1, -0.05) is 0 Å². The van der Waals surface area contributed by atoms with E-state index in [9.17, 15) is 4.79 Å². The Morgan fingerprint density at radius 3 is 3.00 bits per heavy atom. The van der Waals surface area contributed by atoms with Gasteiger partial charge in [0, 0.05) is 17.7 Å². The van der Waals surface area contributed by atoms with Crippen LogP contribution in [0.3, 0.4) is 0 Å². The first kappa shape index (κ1) is 12.1. The predicted molar refractivity (Wildman–Crippen MR) is 59.9 cm³/mol. The molecule has 1 atom stereocenters. The summed E-state index contributed by atoms with van der Waals surface area (Å²) in [5, 5.41) is 3.76. The molecule has 1 heterocycles. The summed E-state index contributed by atoms with van der Waals surface area (Å²) >= 11 is 1.60. The van der Waals surface area contributed by atoms with E-state index in [1.165, 1.54) is 0 Å². The van der Waals surface area contributed by atoms with Crippen molar-refractivity contribution < 1.29 is 9.53 Å². The Morgan fingerprint density at radius 1 is 1.73 bits per heavy atom. The van der Waals surface area contributed by atoms with Crippen LogP contribution in [-0.4, -0.2) is 24.1 Å². The first-order chi connectivity index (χ1) is 7.13. The van der Waals surface area contributed by atoms with E-state index in [0.29, 0.717) is 6.61 Å². The number of rotatable bonds is 5. The van der Waals surface area contributed by atoms with Crippen molar-refractivity contribution in [3.63, 3.8) is 0 Å². The number of carbonyl (C=O) groups is 1. The molecule has 0 bridgehead atoms. The largest absolute Gasteiger partial charge is 0.372 e. The molecule has 1 N–H and O–H groups in total. The van der Waals surface area contributed by atoms with E-state index < -0.39 is 0 Å². The van der Waals surface area contributed by atoms with Crippen molar-refractivity contribution in [3.05, 3.63) is 16.1 Å². The molecule has 1 aromatic rings. The van der Waals surface area contributed by atoms with Crippen LogP contribution in [-0.2, 0) is 9.53 Å². The standard InChI is InChI=1S/C10H16N2O2S/c1-4-14-6-9(13)12-8(3)10-11-5-7(2)15-10/h5,8H,4,6H2,1-3H3,(H,12,13). The molecular weight excluding hydrogens is 212 g/mol. The van der Waals surface area contributed by atoms with Gasteiger partial charge in [-0.05, 0) is 20.8 Å². The third-order valence-corrected chi connectivity index (χ3v) is 2.92. The molecule has 0 aliphatic rings. The molecule has 4 nitrogen and oxygen atoms in total. The molecule has 0 radical (unpaired) electrons. The second-order valence-electron chi connectivity index (χ2n) is 3.24. The number of aryl methyl sites for hydroxylation is 1. The molecular formula is C10H16N2O2S. The van der Waals surface area contributed by atoms with Crippen molar-refractivity contribution >= 4 is 17.2 Å². The molecule has 1 unspecified atom stereocenters. The van der Waals surface area contributed by atoms with E-state index in [-0.39, 0.29) is 18.6 Å². The minimum absolute atomic E-state index is 0.0448. The van der Waals surface area contributed by atoms with Crippen LogP contribution in [0, 0.1) is 6.92 Å². The van der Waals surface area contributed by atoms with E-state index >= 15 is 0 Å². The van der Waals surface area contributed by atoms with Crippen molar-refractivity contribution in [1.29, 1.82) is 0 Å². The van der Waals surface area contributed by atoms with Crippen LogP contribution in [0.25, 0.3) is 0 Å². The number of nitrogens with one attached hydrogen (secondary N) is 1. The average molecular weight is 228 g/mol. The lowest BCUT2D eigenvalue weighted by Crippen LogP contribution is -2.30. The second kappa shape index (κ2) is 5.82. The fourth-order valence-electron chi connectivity index (χ4n) is 1.11. The highest BCUT2D eigenvalue weighted by Crippen LogP contribution is 2.18. The Kier molecular flexibility index (Phi) is 4.71. The number of nitrogens with zero attached hydrogens (tertiary/aromatic N) is 1. The van der Waals surface area contributed by atoms with Crippen molar-refractivity contribution in [2.24, 2.45) is 0 Å². The highest BCUT2D eigenvalue weighted by Gasteiger charge is 2.12. The van der Waals surface area contributed by atoms with Gasteiger partial charge in [0.15, 0.2) is 0 Å². The monoisotopic (exact) mass is 228 g/mol. The number of amides is 1. The predicted octanol–water partition coefficient (Wildman–Crippen LogP) is 1.67. The zero-order valence-electron chi connectivity index (χ0n) is 9.24. The van der Waals surface area contributed by atoms with Gasteiger partial charge in [0.05, 0.1) is 6.04 Å². The van der Waals surface area contributed by atoms with Crippen LogP contribution < -0.4 is 5.32 Å². The highest BCUT2D eigenvalue weighted by atomic mass is 32.1. The van der Waals surface area contributed by atoms with Gasteiger partial charge < -0.3 is 10.1 Å². The van der Waals surface area contributed by atoms with Gasteiger partial charge in [-0.3, -0.25) is 4.79 Å². The van der Waals surface area contributed by atoms with Crippen LogP contribution in [0.1, 0.15) is 29.8 Å². The first-order valence-electron chi connectivity index (χ1n) is 4.93. The molecule has 0 fully saturated rings. The third-order valence-electron chi connectivity index (χ3n) is 1.82. The second-order valence-corrected chi connectivity index (χ2v) is 4.50. The highest BCUT2D eigenvalue weighted by molar-refractivity contribution is 7.11. The molecule has 0 saturated carbocycles. The topological polar surface area (TPSA) is 51.2 Å². The minimum atomic E-state index is -0.0998. The quantitative estimate of drug-likeness (QED) is 0.834. The number of carbonyl (C=O) groups excluding carboxylic acids is 1. The van der Waals surface area contributed by atoms with E-state index in [1.807, 2.05) is 27.0 Å². The SMILES string of the molecule is CCOCC(=O)NC(C)c1ncc(C)s1. The van der Waals surface area contributed by atoms with Gasteiger partial charge in [-0.25, -0.2) is 4.98 Å². The van der Waals surface area contributed by atoms with E-state index in [4.69, 9.17) is 4.74 Å². The Hall–Kier alpha value is -0.940. The summed E-state index contributed by atoms with van der Waals surface area (Å²) in [7, 11) is 0. The lowest BCUT2D eigenvalue weighted by molar-refractivity contribution is -0.126. The summed E-state index contributed by atoms with van der Waals surface area (Å²) in [6, 6.07) is -0.0448. The van der Waals surface area contributed by atoms with Gasteiger partial charge in [0.2, 0.25) is 5.91 Å². The first-order valence-corrected chi connectivity index (χ1v) is 5.74. The molecule has 1 aromatic heterocycles. The fourth-order valence-corrected chi connectivity index (χ4v) is 1.89. The maximum Gasteiger partial charge on any atom is 0.246 e. The number of hydrogen-bond acceptors (Lipinski definition) is 4. The normalized spacial score (nSPS) is 12.5. The van der Waals surface area contributed by atoms with Gasteiger partial charge in [0.1, 0.15) is 11.6 Å². The summed E-state index contributed by atoms with van der Waals surface area (Å²) < 4.78 is 5.01. The smallest absolute Gasteiger partial charge is 0.246 e. The average Bonchev–Trinajstić information content (AvgIpc) is 2.61. The molecule has 0 aromatic carbocycles. The molecule has 0 spiro atoms. The minimum Gasteiger partial charge on any atom is -0.372 e. The van der Waals surface area contributed by atoms with E-state index in [0.717, 1.165) is 9.88 Å². The zero-order chi connectivity index (χ0) is 11.3. The molecule has 0 saturated heterocycles. The fraction of sp³-hybridized carbons (Fsp3) is 0.600. The third kappa shape index (κ3) is 3.97. The maximum absolute atomic E-state index is 11.3. The molecule has 0 aliphatic heterocycles. The Balaban J connectivity index is 2.41. The number of ether oxygens (including phenoxy) is 1. The number of aromatic nitrogens is 1.